The van der Waals surface area contributed by atoms with Crippen LogP contribution in [0.3, 0.4) is 0 Å². The van der Waals surface area contributed by atoms with Crippen molar-refractivity contribution in [1.82, 2.24) is 10.2 Å². The molecule has 0 aliphatic carbocycles. The summed E-state index contributed by atoms with van der Waals surface area (Å²) in [5, 5.41) is 20.9. The molecule has 9 nitrogen and oxygen atoms in total. The molecule has 0 aliphatic rings. The first-order valence-electron chi connectivity index (χ1n) is 8.46. The van der Waals surface area contributed by atoms with Gasteiger partial charge in [0.25, 0.3) is 0 Å². The Morgan fingerprint density at radius 2 is 1.81 bits per heavy atom. The van der Waals surface area contributed by atoms with Crippen LogP contribution in [0.25, 0.3) is 0 Å². The number of carbonyl (C=O) groups excluding carboxylic acids is 1. The van der Waals surface area contributed by atoms with Crippen LogP contribution in [0.15, 0.2) is 0 Å². The molecule has 0 radical (unpaired) electrons. The molecule has 1 amide bonds. The number of thiol groups is 1. The van der Waals surface area contributed by atoms with Crippen molar-refractivity contribution in [1.29, 1.82) is 0 Å². The molecule has 1 atom stereocenters. The van der Waals surface area contributed by atoms with E-state index >= 15 is 0 Å². The molecule has 0 aromatic heterocycles. The predicted molar refractivity (Wildman–Crippen MR) is 112 cm³/mol. The summed E-state index contributed by atoms with van der Waals surface area (Å²) < 4.78 is 32.7. The second kappa shape index (κ2) is 17.7. The maximum atomic E-state index is 11.4. The molecule has 0 saturated heterocycles. The number of amides is 1. The summed E-state index contributed by atoms with van der Waals surface area (Å²) in [6.45, 7) is 10.3. The van der Waals surface area contributed by atoms with Gasteiger partial charge in [-0.05, 0) is 19.5 Å². The van der Waals surface area contributed by atoms with E-state index in [0.29, 0.717) is 0 Å². The molecular weight excluding hydrogens is 424 g/mol. The molecule has 0 bridgehead atoms. The van der Waals surface area contributed by atoms with Crippen molar-refractivity contribution in [2.45, 2.75) is 40.2 Å². The molecule has 0 aromatic rings. The van der Waals surface area contributed by atoms with Gasteiger partial charge in [-0.2, -0.15) is 21.0 Å². The van der Waals surface area contributed by atoms with E-state index in [2.05, 4.69) is 40.9 Å². The fourth-order valence-electron chi connectivity index (χ4n) is 1.67. The van der Waals surface area contributed by atoms with Crippen LogP contribution in [0.4, 0.5) is 0 Å². The first kappa shape index (κ1) is 32.5. The Balaban J connectivity index is -0.000000542. The monoisotopic (exact) mass is 460 g/mol. The van der Waals surface area contributed by atoms with Crippen molar-refractivity contribution in [3.63, 3.8) is 0 Å². The van der Waals surface area contributed by atoms with Crippen molar-refractivity contribution in [3.05, 3.63) is 0 Å². The summed E-state index contributed by atoms with van der Waals surface area (Å²) in [6.07, 6.45) is -1.22. The van der Waals surface area contributed by atoms with Gasteiger partial charge in [-0.3, -0.25) is 9.35 Å². The first-order chi connectivity index (χ1) is 11.9. The molecule has 0 rings (SSSR count). The SMILES string of the molecule is CC(C)(CO)C(O)C(=O)NCCCOS(=O)(=O)O.CCN(CC)CCS.[CaH2]. The number of carbonyl (C=O) groups is 1. The minimum absolute atomic E-state index is 0. The fraction of sp³-hybridized carbons (Fsp3) is 0.933. The van der Waals surface area contributed by atoms with E-state index < -0.39 is 27.8 Å². The van der Waals surface area contributed by atoms with E-state index in [1.807, 2.05) is 0 Å². The quantitative estimate of drug-likeness (QED) is 0.109. The summed E-state index contributed by atoms with van der Waals surface area (Å²) in [5.74, 6) is 0.308. The fourth-order valence-corrected chi connectivity index (χ4v) is 2.28. The van der Waals surface area contributed by atoms with Crippen LogP contribution in [0.1, 0.15) is 34.1 Å². The molecule has 0 saturated carbocycles. The minimum atomic E-state index is -4.46. The van der Waals surface area contributed by atoms with E-state index in [4.69, 9.17) is 9.66 Å². The van der Waals surface area contributed by atoms with Gasteiger partial charge in [-0.1, -0.05) is 27.7 Å². The normalized spacial score (nSPS) is 12.6. The number of nitrogens with zero attached hydrogens (tertiary/aromatic N) is 1. The zero-order chi connectivity index (χ0) is 20.8. The Labute approximate surface area is 198 Å². The van der Waals surface area contributed by atoms with Gasteiger partial charge >= 0.3 is 48.1 Å². The van der Waals surface area contributed by atoms with Crippen LogP contribution in [0.5, 0.6) is 0 Å². The van der Waals surface area contributed by atoms with Gasteiger partial charge in [-0.25, -0.2) is 4.18 Å². The summed E-state index contributed by atoms with van der Waals surface area (Å²) >= 11 is 4.13. The van der Waals surface area contributed by atoms with E-state index in [1.165, 1.54) is 13.8 Å². The predicted octanol–water partition coefficient (Wildman–Crippen LogP) is -0.967. The molecule has 4 N–H and O–H groups in total. The second-order valence-electron chi connectivity index (χ2n) is 6.19. The third-order valence-corrected chi connectivity index (χ3v) is 4.22. The Morgan fingerprint density at radius 3 is 2.15 bits per heavy atom. The first-order valence-corrected chi connectivity index (χ1v) is 10.5. The van der Waals surface area contributed by atoms with Crippen LogP contribution >= 0.6 is 12.6 Å². The topological polar surface area (TPSA) is 136 Å². The Hall–Kier alpha value is 0.830. The molecule has 162 valence electrons. The molecule has 0 fully saturated rings. The summed E-state index contributed by atoms with van der Waals surface area (Å²) in [7, 11) is -4.46. The summed E-state index contributed by atoms with van der Waals surface area (Å²) in [4.78, 5) is 13.8. The van der Waals surface area contributed by atoms with Crippen LogP contribution in [0, 0.1) is 5.41 Å². The maximum absolute atomic E-state index is 11.4. The van der Waals surface area contributed by atoms with Gasteiger partial charge in [0, 0.05) is 24.3 Å². The van der Waals surface area contributed by atoms with E-state index in [1.54, 1.807) is 0 Å². The average molecular weight is 461 g/mol. The number of aliphatic hydroxyl groups excluding tert-OH is 2. The average Bonchev–Trinajstić information content (AvgIpc) is 2.57. The van der Waals surface area contributed by atoms with E-state index in [-0.39, 0.29) is 63.9 Å². The molecule has 1 unspecified atom stereocenters. The van der Waals surface area contributed by atoms with Crippen LogP contribution < -0.4 is 5.32 Å². The van der Waals surface area contributed by atoms with E-state index in [9.17, 15) is 18.3 Å². The van der Waals surface area contributed by atoms with Gasteiger partial charge < -0.3 is 20.4 Å². The molecule has 12 heteroatoms. The zero-order valence-electron chi connectivity index (χ0n) is 16.0. The molecule has 27 heavy (non-hydrogen) atoms. The van der Waals surface area contributed by atoms with Crippen LogP contribution in [-0.2, 0) is 19.4 Å². The van der Waals surface area contributed by atoms with Gasteiger partial charge in [0.2, 0.25) is 5.91 Å². The van der Waals surface area contributed by atoms with Crippen molar-refractivity contribution in [2.75, 3.05) is 45.1 Å². The number of aliphatic hydroxyl groups is 2. The molecule has 0 aromatic carbocycles. The molecule has 0 spiro atoms. The van der Waals surface area contributed by atoms with Crippen molar-refractivity contribution < 1.29 is 32.2 Å². The number of nitrogens with one attached hydrogen (secondary N) is 1. The number of hydrogen-bond acceptors (Lipinski definition) is 8. The Kier molecular flexibility index (Phi) is 21.3. The summed E-state index contributed by atoms with van der Waals surface area (Å²) in [6, 6.07) is 0. The number of hydrogen-bond donors (Lipinski definition) is 5. The van der Waals surface area contributed by atoms with Gasteiger partial charge in [0.15, 0.2) is 0 Å². The van der Waals surface area contributed by atoms with Crippen molar-refractivity contribution in [2.24, 2.45) is 5.41 Å². The standard InChI is InChI=1S/C9H19NO7S.C6H15NS.Ca.2H/c1-9(2,6-11)7(12)8(13)10-4-3-5-17-18(14,15)16;1-3-7(4-2)5-6-8;;;/h7,11-12H,3-6H2,1-2H3,(H,10,13)(H,14,15,16);8H,3-6H2,1-2H3;;;. The van der Waals surface area contributed by atoms with Crippen molar-refractivity contribution >= 4 is 66.7 Å². The Bertz CT molecular complexity index is 475. The van der Waals surface area contributed by atoms with Gasteiger partial charge in [0.1, 0.15) is 6.10 Å². The third kappa shape index (κ3) is 18.6. The second-order valence-corrected chi connectivity index (χ2v) is 7.73. The van der Waals surface area contributed by atoms with Crippen LogP contribution in [-0.4, -0.2) is 123 Å². The number of rotatable bonds is 12. The van der Waals surface area contributed by atoms with Gasteiger partial charge in [-0.15, -0.1) is 0 Å². The van der Waals surface area contributed by atoms with Crippen molar-refractivity contribution in [3.8, 4) is 0 Å². The van der Waals surface area contributed by atoms with E-state index in [0.717, 1.165) is 25.4 Å². The third-order valence-electron chi connectivity index (χ3n) is 3.56. The zero-order valence-corrected chi connectivity index (χ0v) is 17.7. The molecular formula is C15H36CaN2O7S2. The van der Waals surface area contributed by atoms with Crippen LogP contribution in [0.2, 0.25) is 0 Å². The Morgan fingerprint density at radius 1 is 1.30 bits per heavy atom. The van der Waals surface area contributed by atoms with Gasteiger partial charge in [0.05, 0.1) is 13.2 Å². The summed E-state index contributed by atoms with van der Waals surface area (Å²) in [5.41, 5.74) is -0.963. The molecule has 0 aliphatic heterocycles. The molecule has 0 heterocycles.